The molecule has 2 rings (SSSR count). The molecule has 1 amide bonds. The van der Waals surface area contributed by atoms with E-state index in [0.717, 1.165) is 5.56 Å². The third-order valence-electron chi connectivity index (χ3n) is 3.13. The number of hydrogen-bond donors (Lipinski definition) is 2. The second-order valence-corrected chi connectivity index (χ2v) is 4.54. The molecular weight excluding hydrogens is 255 g/mol. The second-order valence-electron chi connectivity index (χ2n) is 4.54. The third-order valence-corrected chi connectivity index (χ3v) is 3.13. The number of halogens is 1. The van der Waals surface area contributed by atoms with Crippen LogP contribution < -0.4 is 11.1 Å². The van der Waals surface area contributed by atoms with Gasteiger partial charge in [-0.15, -0.1) is 0 Å². The van der Waals surface area contributed by atoms with Crippen LogP contribution in [-0.4, -0.2) is 12.5 Å². The van der Waals surface area contributed by atoms with E-state index < -0.39 is 5.91 Å². The Morgan fingerprint density at radius 2 is 1.70 bits per heavy atom. The monoisotopic (exact) mass is 272 g/mol. The molecule has 2 aromatic carbocycles. The maximum Gasteiger partial charge on any atom is 0.249 e. The average molecular weight is 272 g/mol. The van der Waals surface area contributed by atoms with Gasteiger partial charge in [-0.1, -0.05) is 36.4 Å². The normalized spacial score (nSPS) is 10.4. The summed E-state index contributed by atoms with van der Waals surface area (Å²) in [6.07, 6.45) is 0.603. The molecule has 3 N–H and O–H groups in total. The first-order valence-corrected chi connectivity index (χ1v) is 6.50. The van der Waals surface area contributed by atoms with E-state index in [1.165, 1.54) is 6.07 Å². The zero-order valence-electron chi connectivity index (χ0n) is 11.1. The quantitative estimate of drug-likeness (QED) is 0.792. The van der Waals surface area contributed by atoms with E-state index in [0.29, 0.717) is 30.6 Å². The molecule has 2 aromatic rings. The summed E-state index contributed by atoms with van der Waals surface area (Å²) in [5.74, 6) is -0.622. The van der Waals surface area contributed by atoms with Crippen LogP contribution in [0.3, 0.4) is 0 Å². The van der Waals surface area contributed by atoms with Crippen molar-refractivity contribution in [1.82, 2.24) is 5.32 Å². The third kappa shape index (κ3) is 3.65. The number of nitrogens with one attached hydrogen (secondary N) is 1. The lowest BCUT2D eigenvalue weighted by atomic mass is 10.1. The van der Waals surface area contributed by atoms with E-state index in [1.54, 1.807) is 24.3 Å². The van der Waals surface area contributed by atoms with Crippen LogP contribution in [0, 0.1) is 5.82 Å². The van der Waals surface area contributed by atoms with Gasteiger partial charge in [0, 0.05) is 12.1 Å². The van der Waals surface area contributed by atoms with Gasteiger partial charge in [-0.3, -0.25) is 4.79 Å². The Bertz CT molecular complexity index is 599. The van der Waals surface area contributed by atoms with Crippen molar-refractivity contribution < 1.29 is 9.18 Å². The molecule has 0 heterocycles. The van der Waals surface area contributed by atoms with Gasteiger partial charge in [0.25, 0.3) is 0 Å². The van der Waals surface area contributed by atoms with E-state index in [9.17, 15) is 9.18 Å². The minimum Gasteiger partial charge on any atom is -0.366 e. The molecule has 0 fully saturated rings. The molecule has 0 spiro atoms. The van der Waals surface area contributed by atoms with Crippen LogP contribution in [0.4, 0.5) is 4.39 Å². The standard InChI is InChI=1S/C16H17FN2O/c17-15-8-4-2-5-12(15)9-10-19-11-13-6-1-3-7-14(13)16(18)20/h1-8,19H,9-11H2,(H2,18,20). The average Bonchev–Trinajstić information content (AvgIpc) is 2.45. The van der Waals surface area contributed by atoms with Crippen molar-refractivity contribution in [3.63, 3.8) is 0 Å². The number of amides is 1. The van der Waals surface area contributed by atoms with E-state index in [4.69, 9.17) is 5.73 Å². The first kappa shape index (κ1) is 14.2. The first-order valence-electron chi connectivity index (χ1n) is 6.50. The van der Waals surface area contributed by atoms with Crippen LogP contribution in [0.25, 0.3) is 0 Å². The van der Waals surface area contributed by atoms with Gasteiger partial charge in [-0.2, -0.15) is 0 Å². The fraction of sp³-hybridized carbons (Fsp3) is 0.188. The Balaban J connectivity index is 1.88. The second kappa shape index (κ2) is 6.82. The number of nitrogens with two attached hydrogens (primary N) is 1. The highest BCUT2D eigenvalue weighted by molar-refractivity contribution is 5.94. The Morgan fingerprint density at radius 3 is 2.40 bits per heavy atom. The minimum absolute atomic E-state index is 0.188. The van der Waals surface area contributed by atoms with Crippen molar-refractivity contribution in [3.8, 4) is 0 Å². The summed E-state index contributed by atoms with van der Waals surface area (Å²) in [4.78, 5) is 11.3. The van der Waals surface area contributed by atoms with Crippen molar-refractivity contribution >= 4 is 5.91 Å². The summed E-state index contributed by atoms with van der Waals surface area (Å²) < 4.78 is 13.4. The summed E-state index contributed by atoms with van der Waals surface area (Å²) in [6, 6.07) is 13.9. The largest absolute Gasteiger partial charge is 0.366 e. The summed E-state index contributed by atoms with van der Waals surface area (Å²) in [7, 11) is 0. The molecule has 0 radical (unpaired) electrons. The fourth-order valence-corrected chi connectivity index (χ4v) is 2.06. The number of primary amides is 1. The Labute approximate surface area is 117 Å². The summed E-state index contributed by atoms with van der Waals surface area (Å²) in [5.41, 5.74) is 7.37. The molecule has 104 valence electrons. The number of benzene rings is 2. The molecule has 0 saturated carbocycles. The molecule has 0 aliphatic rings. The van der Waals surface area contributed by atoms with Gasteiger partial charge < -0.3 is 11.1 Å². The molecule has 0 aliphatic heterocycles. The van der Waals surface area contributed by atoms with Crippen LogP contribution in [0.2, 0.25) is 0 Å². The fourth-order valence-electron chi connectivity index (χ4n) is 2.06. The number of rotatable bonds is 6. The molecule has 0 saturated heterocycles. The molecule has 0 atom stereocenters. The maximum atomic E-state index is 13.4. The highest BCUT2D eigenvalue weighted by Crippen LogP contribution is 2.09. The van der Waals surface area contributed by atoms with E-state index >= 15 is 0 Å². The Kier molecular flexibility index (Phi) is 4.85. The summed E-state index contributed by atoms with van der Waals surface area (Å²) in [5, 5.41) is 3.20. The zero-order chi connectivity index (χ0) is 14.4. The van der Waals surface area contributed by atoms with E-state index in [2.05, 4.69) is 5.32 Å². The van der Waals surface area contributed by atoms with Crippen LogP contribution in [0.1, 0.15) is 21.5 Å². The highest BCUT2D eigenvalue weighted by atomic mass is 19.1. The SMILES string of the molecule is NC(=O)c1ccccc1CNCCc1ccccc1F. The Morgan fingerprint density at radius 1 is 1.05 bits per heavy atom. The van der Waals surface area contributed by atoms with Crippen LogP contribution >= 0.6 is 0 Å². The molecule has 0 bridgehead atoms. The van der Waals surface area contributed by atoms with Gasteiger partial charge in [0.1, 0.15) is 5.82 Å². The molecule has 20 heavy (non-hydrogen) atoms. The van der Waals surface area contributed by atoms with Crippen LogP contribution in [0.5, 0.6) is 0 Å². The summed E-state index contributed by atoms with van der Waals surface area (Å²) in [6.45, 7) is 1.17. The van der Waals surface area contributed by atoms with Gasteiger partial charge in [0.15, 0.2) is 0 Å². The molecule has 0 aromatic heterocycles. The zero-order valence-corrected chi connectivity index (χ0v) is 11.1. The predicted octanol–water partition coefficient (Wildman–Crippen LogP) is 2.26. The number of carbonyl (C=O) groups is 1. The molecular formula is C16H17FN2O. The minimum atomic E-state index is -0.434. The Hall–Kier alpha value is -2.20. The maximum absolute atomic E-state index is 13.4. The van der Waals surface area contributed by atoms with Gasteiger partial charge in [0.05, 0.1) is 0 Å². The van der Waals surface area contributed by atoms with Gasteiger partial charge in [0.2, 0.25) is 5.91 Å². The van der Waals surface area contributed by atoms with Crippen molar-refractivity contribution in [1.29, 1.82) is 0 Å². The summed E-state index contributed by atoms with van der Waals surface area (Å²) >= 11 is 0. The molecule has 4 heteroatoms. The smallest absolute Gasteiger partial charge is 0.249 e. The first-order chi connectivity index (χ1) is 9.68. The number of carbonyl (C=O) groups excluding carboxylic acids is 1. The topological polar surface area (TPSA) is 55.1 Å². The van der Waals surface area contributed by atoms with E-state index in [1.807, 2.05) is 18.2 Å². The number of hydrogen-bond acceptors (Lipinski definition) is 2. The lowest BCUT2D eigenvalue weighted by Gasteiger charge is -2.08. The molecule has 3 nitrogen and oxygen atoms in total. The molecule has 0 aliphatic carbocycles. The highest BCUT2D eigenvalue weighted by Gasteiger charge is 2.06. The van der Waals surface area contributed by atoms with Crippen molar-refractivity contribution in [2.24, 2.45) is 5.73 Å². The van der Waals surface area contributed by atoms with Crippen molar-refractivity contribution in [2.75, 3.05) is 6.54 Å². The van der Waals surface area contributed by atoms with Crippen molar-refractivity contribution in [2.45, 2.75) is 13.0 Å². The van der Waals surface area contributed by atoms with Crippen LogP contribution in [0.15, 0.2) is 48.5 Å². The lowest BCUT2D eigenvalue weighted by molar-refractivity contribution is 0.0999. The lowest BCUT2D eigenvalue weighted by Crippen LogP contribution is -2.21. The van der Waals surface area contributed by atoms with Gasteiger partial charge in [-0.25, -0.2) is 4.39 Å². The molecule has 0 unspecified atom stereocenters. The van der Waals surface area contributed by atoms with E-state index in [-0.39, 0.29) is 5.82 Å². The van der Waals surface area contributed by atoms with Crippen LogP contribution in [-0.2, 0) is 13.0 Å². The van der Waals surface area contributed by atoms with Gasteiger partial charge >= 0.3 is 0 Å². The predicted molar refractivity (Wildman–Crippen MR) is 76.8 cm³/mol. The van der Waals surface area contributed by atoms with Gasteiger partial charge in [-0.05, 0) is 36.2 Å². The van der Waals surface area contributed by atoms with Crippen molar-refractivity contribution in [3.05, 3.63) is 71.0 Å².